The van der Waals surface area contributed by atoms with Crippen molar-refractivity contribution in [3.63, 3.8) is 0 Å². The molecule has 8 nitrogen and oxygen atoms in total. The molecule has 1 aliphatic rings. The van der Waals surface area contributed by atoms with Crippen LogP contribution in [0.3, 0.4) is 0 Å². The lowest BCUT2D eigenvalue weighted by Gasteiger charge is -2.31. The predicted octanol–water partition coefficient (Wildman–Crippen LogP) is 1.50. The number of nitrogen functional groups attached to an aromatic ring is 1. The van der Waals surface area contributed by atoms with Gasteiger partial charge in [0.05, 0.1) is 12.7 Å². The number of benzene rings is 1. The zero-order valence-electron chi connectivity index (χ0n) is 16.1. The van der Waals surface area contributed by atoms with Gasteiger partial charge in [-0.2, -0.15) is 0 Å². The fourth-order valence-electron chi connectivity index (χ4n) is 3.02. The number of ether oxygens (including phenoxy) is 2. The Morgan fingerprint density at radius 3 is 2.29 bits per heavy atom. The largest absolute Gasteiger partial charge is 0.464 e. The summed E-state index contributed by atoms with van der Waals surface area (Å²) in [5.41, 5.74) is 6.45. The normalized spacial score (nSPS) is 14.5. The zero-order chi connectivity index (χ0) is 20.5. The number of hydrogen-bond donors (Lipinski definition) is 2. The van der Waals surface area contributed by atoms with Gasteiger partial charge in [-0.25, -0.2) is 4.79 Å². The molecule has 1 heterocycles. The Bertz CT molecular complexity index is 709. The summed E-state index contributed by atoms with van der Waals surface area (Å²) in [6, 6.07) is 6.49. The minimum atomic E-state index is -0.379. The van der Waals surface area contributed by atoms with E-state index in [0.717, 1.165) is 0 Å². The minimum absolute atomic E-state index is 0.0520. The molecular formula is C20H27N3O5. The first kappa shape index (κ1) is 21.6. The summed E-state index contributed by atoms with van der Waals surface area (Å²) in [5.74, 6) is -0.603. The van der Waals surface area contributed by atoms with Gasteiger partial charge in [0.2, 0.25) is 5.91 Å². The van der Waals surface area contributed by atoms with Crippen LogP contribution in [0.25, 0.3) is 0 Å². The lowest BCUT2D eigenvalue weighted by molar-refractivity contribution is -0.152. The molecule has 0 aliphatic carbocycles. The van der Waals surface area contributed by atoms with Crippen molar-refractivity contribution in [1.82, 2.24) is 4.90 Å². The Morgan fingerprint density at radius 1 is 1.11 bits per heavy atom. The Morgan fingerprint density at radius 2 is 1.71 bits per heavy atom. The highest BCUT2D eigenvalue weighted by atomic mass is 16.6. The van der Waals surface area contributed by atoms with E-state index in [1.807, 2.05) is 0 Å². The summed E-state index contributed by atoms with van der Waals surface area (Å²) in [5, 5.41) is 7.35. The number of likely N-dealkylation sites (tertiary alicyclic amines) is 1. The maximum absolute atomic E-state index is 12.3. The van der Waals surface area contributed by atoms with Gasteiger partial charge in [0.1, 0.15) is 12.4 Å². The van der Waals surface area contributed by atoms with Gasteiger partial charge in [0, 0.05) is 37.1 Å². The summed E-state index contributed by atoms with van der Waals surface area (Å²) in [6.07, 6.45) is 1.55. The van der Waals surface area contributed by atoms with Gasteiger partial charge < -0.3 is 20.1 Å². The number of hydrogen-bond acceptors (Lipinski definition) is 6. The summed E-state index contributed by atoms with van der Waals surface area (Å²) >= 11 is 0. The molecule has 1 aliphatic heterocycles. The Balaban J connectivity index is 1.71. The summed E-state index contributed by atoms with van der Waals surface area (Å²) < 4.78 is 10.3. The number of piperidine rings is 1. The van der Waals surface area contributed by atoms with Crippen molar-refractivity contribution in [2.45, 2.75) is 38.7 Å². The molecule has 8 heteroatoms. The van der Waals surface area contributed by atoms with Crippen LogP contribution in [0.15, 0.2) is 24.3 Å². The molecular weight excluding hydrogens is 362 g/mol. The monoisotopic (exact) mass is 389 g/mol. The van der Waals surface area contributed by atoms with Crippen molar-refractivity contribution < 1.29 is 23.9 Å². The van der Waals surface area contributed by atoms with Crippen molar-refractivity contribution in [3.8, 4) is 0 Å². The van der Waals surface area contributed by atoms with Gasteiger partial charge in [-0.05, 0) is 19.8 Å². The number of amidine groups is 1. The number of rotatable bonds is 9. The average Bonchev–Trinajstić information content (AvgIpc) is 2.71. The minimum Gasteiger partial charge on any atom is -0.464 e. The van der Waals surface area contributed by atoms with Gasteiger partial charge in [-0.1, -0.05) is 24.3 Å². The summed E-state index contributed by atoms with van der Waals surface area (Å²) in [7, 11) is 0. The van der Waals surface area contributed by atoms with Gasteiger partial charge in [0.25, 0.3) is 0 Å². The molecule has 0 spiro atoms. The molecule has 2 rings (SSSR count). The Hall–Kier alpha value is -2.74. The molecule has 1 aromatic carbocycles. The maximum Gasteiger partial charge on any atom is 0.332 e. The average molecular weight is 389 g/mol. The standard InChI is InChI=1S/C20H27N3O5/c1-2-27-19(26)13-28-16-9-11-23(12-10-16)18(25)8-7-17(24)14-3-5-15(6-4-14)20(21)22/h3-6,16H,2,7-13H2,1H3,(H3,21,22). The van der Waals surface area contributed by atoms with Gasteiger partial charge in [-0.3, -0.25) is 15.0 Å². The first-order valence-electron chi connectivity index (χ1n) is 9.43. The van der Waals surface area contributed by atoms with E-state index < -0.39 is 0 Å². The molecule has 1 saturated heterocycles. The highest BCUT2D eigenvalue weighted by Gasteiger charge is 2.24. The third-order valence-electron chi connectivity index (χ3n) is 4.62. The van der Waals surface area contributed by atoms with E-state index in [9.17, 15) is 14.4 Å². The van der Waals surface area contributed by atoms with Crippen molar-refractivity contribution >= 4 is 23.5 Å². The first-order valence-corrected chi connectivity index (χ1v) is 9.43. The number of Topliss-reactive ketones (excluding diaryl/α,β-unsaturated/α-hetero) is 1. The lowest BCUT2D eigenvalue weighted by atomic mass is 10.0. The highest BCUT2D eigenvalue weighted by Crippen LogP contribution is 2.16. The number of nitrogens with zero attached hydrogens (tertiary/aromatic N) is 1. The molecule has 0 atom stereocenters. The van der Waals surface area contributed by atoms with Gasteiger partial charge in [-0.15, -0.1) is 0 Å². The Labute approximate surface area is 164 Å². The molecule has 3 N–H and O–H groups in total. The van der Waals surface area contributed by atoms with Crippen LogP contribution in [-0.2, 0) is 19.1 Å². The van der Waals surface area contributed by atoms with Crippen LogP contribution in [-0.4, -0.2) is 60.8 Å². The quantitative estimate of drug-likeness (QED) is 0.286. The second-order valence-corrected chi connectivity index (χ2v) is 6.61. The third-order valence-corrected chi connectivity index (χ3v) is 4.62. The lowest BCUT2D eigenvalue weighted by Crippen LogP contribution is -2.41. The fourth-order valence-corrected chi connectivity index (χ4v) is 3.02. The molecule has 1 aromatic rings. The number of nitrogens with one attached hydrogen (secondary N) is 1. The molecule has 28 heavy (non-hydrogen) atoms. The van der Waals surface area contributed by atoms with Crippen molar-refractivity contribution in [2.24, 2.45) is 5.73 Å². The van der Waals surface area contributed by atoms with E-state index in [-0.39, 0.29) is 49.0 Å². The second kappa shape index (κ2) is 10.6. The van der Waals surface area contributed by atoms with E-state index >= 15 is 0 Å². The number of carbonyl (C=O) groups excluding carboxylic acids is 3. The summed E-state index contributed by atoms with van der Waals surface area (Å²) in [4.78, 5) is 37.6. The maximum atomic E-state index is 12.3. The third kappa shape index (κ3) is 6.45. The van der Waals surface area contributed by atoms with Crippen LogP contribution in [0.5, 0.6) is 0 Å². The molecule has 0 bridgehead atoms. The van der Waals surface area contributed by atoms with Crippen molar-refractivity contribution in [3.05, 3.63) is 35.4 Å². The fraction of sp³-hybridized carbons (Fsp3) is 0.500. The molecule has 0 unspecified atom stereocenters. The Kier molecular flexibility index (Phi) is 8.13. The zero-order valence-corrected chi connectivity index (χ0v) is 16.1. The number of ketones is 1. The van der Waals surface area contributed by atoms with Crippen LogP contribution in [0.1, 0.15) is 48.5 Å². The number of amides is 1. The van der Waals surface area contributed by atoms with Gasteiger partial charge in [0.15, 0.2) is 5.78 Å². The van der Waals surface area contributed by atoms with Crippen molar-refractivity contribution in [1.29, 1.82) is 5.41 Å². The second-order valence-electron chi connectivity index (χ2n) is 6.61. The predicted molar refractivity (Wildman–Crippen MR) is 103 cm³/mol. The first-order chi connectivity index (χ1) is 13.4. The SMILES string of the molecule is CCOC(=O)COC1CCN(C(=O)CCC(=O)c2ccc(C(=N)N)cc2)CC1. The smallest absolute Gasteiger partial charge is 0.332 e. The molecule has 0 aromatic heterocycles. The van der Waals surface area contributed by atoms with Crippen molar-refractivity contribution in [2.75, 3.05) is 26.3 Å². The van der Waals surface area contributed by atoms with Crippen LogP contribution in [0, 0.1) is 5.41 Å². The van der Waals surface area contributed by atoms with E-state index in [1.54, 1.807) is 36.1 Å². The molecule has 0 radical (unpaired) electrons. The molecule has 1 fully saturated rings. The van der Waals surface area contributed by atoms with Crippen LogP contribution >= 0.6 is 0 Å². The molecule has 0 saturated carbocycles. The molecule has 1 amide bonds. The van der Waals surface area contributed by atoms with E-state index in [2.05, 4.69) is 0 Å². The van der Waals surface area contributed by atoms with Gasteiger partial charge >= 0.3 is 5.97 Å². The highest BCUT2D eigenvalue weighted by molar-refractivity contribution is 6.00. The van der Waals surface area contributed by atoms with E-state index in [1.165, 1.54) is 0 Å². The van der Waals surface area contributed by atoms with E-state index in [4.69, 9.17) is 20.6 Å². The van der Waals surface area contributed by atoms with E-state index in [0.29, 0.717) is 43.7 Å². The van der Waals surface area contributed by atoms with Crippen LogP contribution in [0.4, 0.5) is 0 Å². The summed E-state index contributed by atoms with van der Waals surface area (Å²) in [6.45, 7) is 3.10. The number of nitrogens with two attached hydrogens (primary N) is 1. The molecule has 152 valence electrons. The topological polar surface area (TPSA) is 123 Å². The van der Waals surface area contributed by atoms with Crippen LogP contribution in [0.2, 0.25) is 0 Å². The van der Waals surface area contributed by atoms with Crippen LogP contribution < -0.4 is 5.73 Å². The number of carbonyl (C=O) groups is 3. The number of esters is 1.